The number of aryl methyl sites for hydroxylation is 1. The topological polar surface area (TPSA) is 66.0 Å². The van der Waals surface area contributed by atoms with Crippen LogP contribution in [0.2, 0.25) is 0 Å². The summed E-state index contributed by atoms with van der Waals surface area (Å²) in [5.41, 5.74) is 0.614. The van der Waals surface area contributed by atoms with Crippen LogP contribution in [0.15, 0.2) is 34.9 Å². The molecule has 0 saturated heterocycles. The molecule has 0 bridgehead atoms. The van der Waals surface area contributed by atoms with Crippen molar-refractivity contribution in [1.29, 1.82) is 5.26 Å². The number of furan rings is 1. The van der Waals surface area contributed by atoms with E-state index in [9.17, 15) is 9.18 Å². The Morgan fingerprint density at radius 1 is 1.44 bits per heavy atom. The lowest BCUT2D eigenvalue weighted by atomic mass is 10.2. The third-order valence-electron chi connectivity index (χ3n) is 2.34. The van der Waals surface area contributed by atoms with Gasteiger partial charge in [-0.1, -0.05) is 0 Å². The number of carbonyl (C=O) groups is 1. The molecule has 0 aliphatic carbocycles. The number of hydrogen-bond acceptors (Lipinski definition) is 3. The van der Waals surface area contributed by atoms with Crippen LogP contribution in [0.3, 0.4) is 0 Å². The van der Waals surface area contributed by atoms with Crippen LogP contribution >= 0.6 is 0 Å². The van der Waals surface area contributed by atoms with Crippen LogP contribution < -0.4 is 5.32 Å². The van der Waals surface area contributed by atoms with Crippen molar-refractivity contribution in [2.75, 3.05) is 5.32 Å². The van der Waals surface area contributed by atoms with E-state index in [2.05, 4.69) is 5.32 Å². The van der Waals surface area contributed by atoms with E-state index >= 15 is 0 Å². The van der Waals surface area contributed by atoms with Crippen molar-refractivity contribution in [2.24, 2.45) is 0 Å². The number of nitrogens with one attached hydrogen (secondary N) is 1. The van der Waals surface area contributed by atoms with Crippen molar-refractivity contribution in [3.05, 3.63) is 53.2 Å². The second-order valence-electron chi connectivity index (χ2n) is 3.71. The third-order valence-corrected chi connectivity index (χ3v) is 2.34. The van der Waals surface area contributed by atoms with Crippen LogP contribution in [0.25, 0.3) is 0 Å². The fraction of sp³-hybridized carbons (Fsp3) is 0.0769. The molecule has 5 heteroatoms. The van der Waals surface area contributed by atoms with E-state index in [1.807, 2.05) is 0 Å². The van der Waals surface area contributed by atoms with Gasteiger partial charge in [0.15, 0.2) is 0 Å². The van der Waals surface area contributed by atoms with Crippen molar-refractivity contribution in [3.63, 3.8) is 0 Å². The number of benzene rings is 1. The van der Waals surface area contributed by atoms with Gasteiger partial charge in [0.25, 0.3) is 5.91 Å². The lowest BCUT2D eigenvalue weighted by Gasteiger charge is -2.03. The Balaban J connectivity index is 2.20. The van der Waals surface area contributed by atoms with Crippen LogP contribution in [0.5, 0.6) is 0 Å². The highest BCUT2D eigenvalue weighted by molar-refractivity contribution is 6.04. The summed E-state index contributed by atoms with van der Waals surface area (Å²) in [6.07, 6.45) is 1.33. The number of carbonyl (C=O) groups excluding carboxylic acids is 1. The van der Waals surface area contributed by atoms with Gasteiger partial charge in [-0.25, -0.2) is 4.39 Å². The number of amides is 1. The minimum absolute atomic E-state index is 0.115. The summed E-state index contributed by atoms with van der Waals surface area (Å²) in [6.45, 7) is 1.72. The second-order valence-corrected chi connectivity index (χ2v) is 3.71. The monoisotopic (exact) mass is 244 g/mol. The van der Waals surface area contributed by atoms with Crippen molar-refractivity contribution in [3.8, 4) is 6.07 Å². The Hall–Kier alpha value is -2.61. The molecule has 1 N–H and O–H groups in total. The fourth-order valence-corrected chi connectivity index (χ4v) is 1.45. The van der Waals surface area contributed by atoms with E-state index in [1.54, 1.807) is 19.1 Å². The molecule has 90 valence electrons. The molecule has 18 heavy (non-hydrogen) atoms. The molecule has 1 amide bonds. The van der Waals surface area contributed by atoms with Crippen molar-refractivity contribution < 1.29 is 13.6 Å². The lowest BCUT2D eigenvalue weighted by Crippen LogP contribution is -2.11. The van der Waals surface area contributed by atoms with E-state index in [1.165, 1.54) is 18.4 Å². The first kappa shape index (κ1) is 11.9. The average Bonchev–Trinajstić information content (AvgIpc) is 2.78. The molecule has 0 unspecified atom stereocenters. The first-order valence-corrected chi connectivity index (χ1v) is 5.16. The van der Waals surface area contributed by atoms with Gasteiger partial charge in [-0.05, 0) is 31.2 Å². The van der Waals surface area contributed by atoms with Crippen LogP contribution in [0, 0.1) is 24.1 Å². The molecule has 2 aromatic rings. The molecule has 0 fully saturated rings. The summed E-state index contributed by atoms with van der Waals surface area (Å²) in [4.78, 5) is 11.8. The molecule has 1 heterocycles. The first-order valence-electron chi connectivity index (χ1n) is 5.16. The third kappa shape index (κ3) is 2.38. The van der Waals surface area contributed by atoms with Crippen LogP contribution in [-0.2, 0) is 0 Å². The maximum absolute atomic E-state index is 13.1. The summed E-state index contributed by atoms with van der Waals surface area (Å²) in [5, 5.41) is 11.2. The summed E-state index contributed by atoms with van der Waals surface area (Å²) in [7, 11) is 0. The standard InChI is InChI=1S/C13H9FN2O2/c1-8-4-10(7-18-8)13(17)16-11-2-3-12(14)9(5-11)6-15/h2-5,7H,1H3,(H,16,17). The van der Waals surface area contributed by atoms with Gasteiger partial charge < -0.3 is 9.73 Å². The van der Waals surface area contributed by atoms with E-state index < -0.39 is 5.82 Å². The number of nitrogens with zero attached hydrogens (tertiary/aromatic N) is 1. The van der Waals surface area contributed by atoms with Crippen LogP contribution in [0.1, 0.15) is 21.7 Å². The number of hydrogen-bond donors (Lipinski definition) is 1. The minimum atomic E-state index is -0.616. The molecule has 1 aromatic heterocycles. The zero-order valence-corrected chi connectivity index (χ0v) is 9.53. The van der Waals surface area contributed by atoms with Gasteiger partial charge in [0.2, 0.25) is 0 Å². The zero-order chi connectivity index (χ0) is 13.1. The van der Waals surface area contributed by atoms with E-state index in [4.69, 9.17) is 9.68 Å². The van der Waals surface area contributed by atoms with Gasteiger partial charge in [0, 0.05) is 5.69 Å². The molecule has 0 aliphatic heterocycles. The Labute approximate surface area is 103 Å². The van der Waals surface area contributed by atoms with Gasteiger partial charge in [-0.15, -0.1) is 0 Å². The number of halogens is 1. The number of anilines is 1. The normalized spacial score (nSPS) is 9.83. The summed E-state index contributed by atoms with van der Waals surface area (Å²) in [5.74, 6) is -0.367. The molecule has 0 saturated carbocycles. The first-order chi connectivity index (χ1) is 8.60. The minimum Gasteiger partial charge on any atom is -0.469 e. The molecule has 4 nitrogen and oxygen atoms in total. The molecule has 2 rings (SSSR count). The Morgan fingerprint density at radius 2 is 2.22 bits per heavy atom. The van der Waals surface area contributed by atoms with Gasteiger partial charge in [0.1, 0.15) is 23.9 Å². The average molecular weight is 244 g/mol. The maximum Gasteiger partial charge on any atom is 0.258 e. The molecule has 1 aromatic carbocycles. The molecule has 0 atom stereocenters. The maximum atomic E-state index is 13.1. The van der Waals surface area contributed by atoms with Crippen molar-refractivity contribution >= 4 is 11.6 Å². The highest BCUT2D eigenvalue weighted by Crippen LogP contribution is 2.15. The number of nitriles is 1. The smallest absolute Gasteiger partial charge is 0.258 e. The SMILES string of the molecule is Cc1cc(C(=O)Nc2ccc(F)c(C#N)c2)co1. The Bertz CT molecular complexity index is 641. The molecular weight excluding hydrogens is 235 g/mol. The predicted octanol–water partition coefficient (Wildman–Crippen LogP) is 2.85. The Morgan fingerprint density at radius 3 is 2.83 bits per heavy atom. The molecule has 0 spiro atoms. The zero-order valence-electron chi connectivity index (χ0n) is 9.53. The van der Waals surface area contributed by atoms with Gasteiger partial charge in [0.05, 0.1) is 11.1 Å². The second kappa shape index (κ2) is 4.72. The van der Waals surface area contributed by atoms with Crippen molar-refractivity contribution in [2.45, 2.75) is 6.92 Å². The summed E-state index contributed by atoms with van der Waals surface area (Å²) < 4.78 is 18.1. The predicted molar refractivity (Wildman–Crippen MR) is 62.5 cm³/mol. The lowest BCUT2D eigenvalue weighted by molar-refractivity contribution is 0.102. The van der Waals surface area contributed by atoms with Crippen molar-refractivity contribution in [1.82, 2.24) is 0 Å². The highest BCUT2D eigenvalue weighted by Gasteiger charge is 2.10. The quantitative estimate of drug-likeness (QED) is 0.883. The fourth-order valence-electron chi connectivity index (χ4n) is 1.45. The molecular formula is C13H9FN2O2. The largest absolute Gasteiger partial charge is 0.469 e. The highest BCUT2D eigenvalue weighted by atomic mass is 19.1. The number of rotatable bonds is 2. The van der Waals surface area contributed by atoms with Crippen LogP contribution in [-0.4, -0.2) is 5.91 Å². The Kier molecular flexibility index (Phi) is 3.11. The van der Waals surface area contributed by atoms with E-state index in [0.717, 1.165) is 6.07 Å². The van der Waals surface area contributed by atoms with Gasteiger partial charge in [-0.2, -0.15) is 5.26 Å². The van der Waals surface area contributed by atoms with Crippen LogP contribution in [0.4, 0.5) is 10.1 Å². The summed E-state index contributed by atoms with van der Waals surface area (Å²) in [6, 6.07) is 7.10. The van der Waals surface area contributed by atoms with E-state index in [-0.39, 0.29) is 11.5 Å². The molecule has 0 radical (unpaired) electrons. The van der Waals surface area contributed by atoms with Gasteiger partial charge in [-0.3, -0.25) is 4.79 Å². The summed E-state index contributed by atoms with van der Waals surface area (Å²) >= 11 is 0. The molecule has 0 aliphatic rings. The van der Waals surface area contributed by atoms with Gasteiger partial charge >= 0.3 is 0 Å². The van der Waals surface area contributed by atoms with E-state index in [0.29, 0.717) is 17.0 Å².